The molecule has 1 amide bonds. The molecule has 1 saturated heterocycles. The minimum Gasteiger partial charge on any atom is -0.430 e. The monoisotopic (exact) mass is 371 g/mol. The number of carbonyl (C=O) groups is 1. The summed E-state index contributed by atoms with van der Waals surface area (Å²) in [4.78, 5) is 28.9. The molecule has 0 aliphatic carbocycles. The summed E-state index contributed by atoms with van der Waals surface area (Å²) in [7, 11) is 0. The second kappa shape index (κ2) is 5.87. The zero-order chi connectivity index (χ0) is 17.7. The summed E-state index contributed by atoms with van der Waals surface area (Å²) >= 11 is 1.40. The first-order valence-corrected chi connectivity index (χ1v) is 9.12. The Bertz CT molecular complexity index is 956. The average Bonchev–Trinajstić information content (AvgIpc) is 3.41. The molecule has 5 rings (SSSR count). The number of nitrogens with zero attached hydrogens (tertiary/aromatic N) is 5. The quantitative estimate of drug-likeness (QED) is 0.705. The fraction of sp³-hybridized carbons (Fsp3) is 0.294. The first kappa shape index (κ1) is 15.4. The van der Waals surface area contributed by atoms with Gasteiger partial charge >= 0.3 is 0 Å². The van der Waals surface area contributed by atoms with Crippen molar-refractivity contribution in [3.63, 3.8) is 0 Å². The van der Waals surface area contributed by atoms with Crippen molar-refractivity contribution >= 4 is 28.1 Å². The van der Waals surface area contributed by atoms with Gasteiger partial charge in [0.05, 0.1) is 30.4 Å². The molecule has 2 aliphatic heterocycles. The van der Waals surface area contributed by atoms with Gasteiger partial charge in [-0.1, -0.05) is 0 Å². The van der Waals surface area contributed by atoms with E-state index in [2.05, 4.69) is 15.0 Å². The van der Waals surface area contributed by atoms with Crippen LogP contribution >= 0.6 is 11.3 Å². The Kier molecular flexibility index (Phi) is 3.49. The van der Waals surface area contributed by atoms with E-state index >= 15 is 0 Å². The highest BCUT2D eigenvalue weighted by molar-refractivity contribution is 7.14. The van der Waals surface area contributed by atoms with Crippen LogP contribution in [0.2, 0.25) is 0 Å². The molecule has 0 N–H and O–H groups in total. The van der Waals surface area contributed by atoms with Crippen molar-refractivity contribution in [2.24, 2.45) is 0 Å². The van der Waals surface area contributed by atoms with Gasteiger partial charge in [-0.15, -0.1) is 11.3 Å². The molecule has 1 unspecified atom stereocenters. The lowest BCUT2D eigenvalue weighted by Gasteiger charge is -2.15. The van der Waals surface area contributed by atoms with E-state index in [0.29, 0.717) is 43.2 Å². The fourth-order valence-corrected chi connectivity index (χ4v) is 3.87. The molecule has 1 fully saturated rings. The Morgan fingerprint density at radius 1 is 1.31 bits per heavy atom. The molecular weight excluding hydrogens is 357 g/mol. The van der Waals surface area contributed by atoms with Crippen LogP contribution < -0.4 is 9.80 Å². The molecule has 0 spiro atoms. The topological polar surface area (TPSA) is 75.4 Å². The maximum Gasteiger partial charge on any atom is 0.297 e. The standard InChI is InChI=1S/C17H14FN5O2S/c18-11-3-4-22(7-11)13-2-1-10(5-20-13)16-21-12-8-23(14-6-19-9-26-14)17(24)15(12)25-16/h1-2,5-6,9,11H,3-4,7-8H2. The lowest BCUT2D eigenvalue weighted by atomic mass is 10.3. The molecule has 7 nitrogen and oxygen atoms in total. The van der Waals surface area contributed by atoms with E-state index in [0.717, 1.165) is 10.8 Å². The molecule has 132 valence electrons. The van der Waals surface area contributed by atoms with Crippen LogP contribution in [0.3, 0.4) is 0 Å². The fourth-order valence-electron chi connectivity index (χ4n) is 3.24. The lowest BCUT2D eigenvalue weighted by Crippen LogP contribution is -2.22. The summed E-state index contributed by atoms with van der Waals surface area (Å²) in [5.41, 5.74) is 2.99. The second-order valence-corrected chi connectivity index (χ2v) is 7.13. The van der Waals surface area contributed by atoms with Crippen LogP contribution in [0.1, 0.15) is 22.7 Å². The van der Waals surface area contributed by atoms with Gasteiger partial charge in [-0.2, -0.15) is 0 Å². The summed E-state index contributed by atoms with van der Waals surface area (Å²) in [6, 6.07) is 3.66. The molecule has 3 aromatic rings. The molecule has 2 aliphatic rings. The third-order valence-corrected chi connectivity index (χ3v) is 5.37. The molecule has 0 bridgehead atoms. The van der Waals surface area contributed by atoms with Gasteiger partial charge in [-0.05, 0) is 18.6 Å². The van der Waals surface area contributed by atoms with Crippen LogP contribution in [-0.2, 0) is 6.54 Å². The van der Waals surface area contributed by atoms with E-state index in [1.807, 2.05) is 17.0 Å². The summed E-state index contributed by atoms with van der Waals surface area (Å²) in [6.45, 7) is 1.42. The van der Waals surface area contributed by atoms with E-state index in [4.69, 9.17) is 4.42 Å². The summed E-state index contributed by atoms with van der Waals surface area (Å²) in [5.74, 6) is 1.16. The van der Waals surface area contributed by atoms with Crippen molar-refractivity contribution in [3.05, 3.63) is 41.5 Å². The van der Waals surface area contributed by atoms with Crippen LogP contribution in [0.15, 0.2) is 34.5 Å². The molecular formula is C17H14FN5O2S. The van der Waals surface area contributed by atoms with E-state index in [-0.39, 0.29) is 11.7 Å². The Labute approximate surface area is 152 Å². The molecule has 0 saturated carbocycles. The summed E-state index contributed by atoms with van der Waals surface area (Å²) in [5, 5.41) is 0.771. The van der Waals surface area contributed by atoms with Crippen LogP contribution in [0.25, 0.3) is 11.5 Å². The van der Waals surface area contributed by atoms with Crippen LogP contribution in [0.4, 0.5) is 15.2 Å². The number of halogens is 1. The van der Waals surface area contributed by atoms with Crippen molar-refractivity contribution in [2.45, 2.75) is 19.1 Å². The molecule has 3 aromatic heterocycles. The molecule has 9 heteroatoms. The first-order valence-electron chi connectivity index (χ1n) is 8.24. The maximum atomic E-state index is 13.3. The smallest absolute Gasteiger partial charge is 0.297 e. The number of thiazole rings is 1. The normalized spacial score (nSPS) is 19.4. The van der Waals surface area contributed by atoms with Gasteiger partial charge in [0.15, 0.2) is 0 Å². The van der Waals surface area contributed by atoms with Crippen molar-refractivity contribution in [2.75, 3.05) is 22.9 Å². The predicted octanol–water partition coefficient (Wildman–Crippen LogP) is 2.90. The predicted molar refractivity (Wildman–Crippen MR) is 94.1 cm³/mol. The van der Waals surface area contributed by atoms with Crippen LogP contribution in [0.5, 0.6) is 0 Å². The molecule has 1 atom stereocenters. The summed E-state index contributed by atoms with van der Waals surface area (Å²) < 4.78 is 19.0. The Morgan fingerprint density at radius 2 is 2.23 bits per heavy atom. The third-order valence-electron chi connectivity index (χ3n) is 4.58. The molecule has 0 radical (unpaired) electrons. The molecule has 5 heterocycles. The largest absolute Gasteiger partial charge is 0.430 e. The van der Waals surface area contributed by atoms with E-state index in [1.54, 1.807) is 22.8 Å². The van der Waals surface area contributed by atoms with Crippen molar-refractivity contribution < 1.29 is 13.6 Å². The second-order valence-electron chi connectivity index (χ2n) is 6.26. The van der Waals surface area contributed by atoms with Gasteiger partial charge in [0.2, 0.25) is 11.7 Å². The number of oxazole rings is 1. The van der Waals surface area contributed by atoms with E-state index < -0.39 is 6.17 Å². The van der Waals surface area contributed by atoms with Crippen molar-refractivity contribution in [3.8, 4) is 11.5 Å². The number of aromatic nitrogens is 3. The lowest BCUT2D eigenvalue weighted by molar-refractivity contribution is 0.0973. The van der Waals surface area contributed by atoms with Crippen LogP contribution in [-0.4, -0.2) is 40.1 Å². The Morgan fingerprint density at radius 3 is 2.88 bits per heavy atom. The van der Waals surface area contributed by atoms with E-state index in [1.165, 1.54) is 11.3 Å². The Hall–Kier alpha value is -2.81. The van der Waals surface area contributed by atoms with Crippen molar-refractivity contribution in [1.29, 1.82) is 0 Å². The van der Waals surface area contributed by atoms with E-state index in [9.17, 15) is 9.18 Å². The maximum absolute atomic E-state index is 13.3. The van der Waals surface area contributed by atoms with Gasteiger partial charge in [-0.25, -0.2) is 14.4 Å². The van der Waals surface area contributed by atoms with Gasteiger partial charge < -0.3 is 9.32 Å². The van der Waals surface area contributed by atoms with Gasteiger partial charge in [0.25, 0.3) is 5.91 Å². The van der Waals surface area contributed by atoms with Gasteiger partial charge in [0, 0.05) is 12.7 Å². The number of amides is 1. The highest BCUT2D eigenvalue weighted by atomic mass is 32.1. The highest BCUT2D eigenvalue weighted by Gasteiger charge is 2.35. The SMILES string of the molecule is O=C1c2oc(-c3ccc(N4CCC(F)C4)nc3)nc2CN1c1cncs1. The number of pyridine rings is 1. The summed E-state index contributed by atoms with van der Waals surface area (Å²) in [6.07, 6.45) is 3.04. The third kappa shape index (κ3) is 2.47. The number of fused-ring (bicyclic) bond motifs is 1. The number of anilines is 2. The Balaban J connectivity index is 1.37. The van der Waals surface area contributed by atoms with Crippen molar-refractivity contribution in [1.82, 2.24) is 15.0 Å². The van der Waals surface area contributed by atoms with Gasteiger partial charge in [-0.3, -0.25) is 14.7 Å². The number of hydrogen-bond acceptors (Lipinski definition) is 7. The minimum atomic E-state index is -0.793. The number of carbonyl (C=O) groups excluding carboxylic acids is 1. The highest BCUT2D eigenvalue weighted by Crippen LogP contribution is 2.33. The first-order chi connectivity index (χ1) is 12.7. The molecule has 26 heavy (non-hydrogen) atoms. The minimum absolute atomic E-state index is 0.210. The number of rotatable bonds is 3. The van der Waals surface area contributed by atoms with Gasteiger partial charge in [0.1, 0.15) is 22.7 Å². The zero-order valence-electron chi connectivity index (χ0n) is 13.6. The average molecular weight is 371 g/mol. The zero-order valence-corrected chi connectivity index (χ0v) is 14.4. The number of alkyl halides is 1. The molecule has 0 aromatic carbocycles. The number of hydrogen-bond donors (Lipinski definition) is 0. The van der Waals surface area contributed by atoms with Crippen LogP contribution in [0, 0.1) is 0 Å².